The average Bonchev–Trinajstić information content (AvgIpc) is 1.79. The summed E-state index contributed by atoms with van der Waals surface area (Å²) in [5.74, 6) is 0.180. The Kier molecular flexibility index (Phi) is 1.48. The maximum atomic E-state index is 10.4. The second kappa shape index (κ2) is 2.13. The Hall–Kier alpha value is -0.570. The molecule has 0 aromatic rings. The zero-order chi connectivity index (χ0) is 5.98. The van der Waals surface area contributed by atoms with Crippen LogP contribution in [0.15, 0.2) is 0 Å². The van der Waals surface area contributed by atoms with Gasteiger partial charge in [-0.3, -0.25) is 4.79 Å². The first-order valence-corrected chi connectivity index (χ1v) is 2.73. The van der Waals surface area contributed by atoms with Crippen molar-refractivity contribution < 1.29 is 9.90 Å². The van der Waals surface area contributed by atoms with E-state index < -0.39 is 0 Å². The molecular weight excluding hydrogens is 106 g/mol. The standard InChI is InChI=1S/C5H9NO2/c7-2-1-4-3-6-5(4)8/h4,7H,1-3H2,(H,6,8)/t4-/m0/s1. The molecular formula is C5H9NO2. The van der Waals surface area contributed by atoms with Crippen LogP contribution in [-0.4, -0.2) is 24.2 Å². The maximum absolute atomic E-state index is 10.4. The summed E-state index contributed by atoms with van der Waals surface area (Å²) in [5.41, 5.74) is 0. The Bertz CT molecular complexity index is 103. The van der Waals surface area contributed by atoms with Crippen LogP contribution in [0.1, 0.15) is 6.42 Å². The molecule has 0 saturated carbocycles. The van der Waals surface area contributed by atoms with E-state index in [2.05, 4.69) is 5.32 Å². The highest BCUT2D eigenvalue weighted by molar-refractivity contribution is 5.84. The molecule has 0 aliphatic carbocycles. The molecule has 1 saturated heterocycles. The Balaban J connectivity index is 2.17. The number of carbonyl (C=O) groups excluding carboxylic acids is 1. The van der Waals surface area contributed by atoms with E-state index in [9.17, 15) is 4.79 Å². The summed E-state index contributed by atoms with van der Waals surface area (Å²) < 4.78 is 0. The number of aliphatic hydroxyl groups excluding tert-OH is 1. The Morgan fingerprint density at radius 2 is 2.62 bits per heavy atom. The second-order valence-corrected chi connectivity index (χ2v) is 1.95. The fourth-order valence-electron chi connectivity index (χ4n) is 0.719. The van der Waals surface area contributed by atoms with E-state index in [4.69, 9.17) is 5.11 Å². The molecule has 2 N–H and O–H groups in total. The minimum atomic E-state index is 0.0825. The van der Waals surface area contributed by atoms with Gasteiger partial charge in [0.15, 0.2) is 0 Å². The summed E-state index contributed by atoms with van der Waals surface area (Å²) in [5, 5.41) is 10.9. The average molecular weight is 115 g/mol. The summed E-state index contributed by atoms with van der Waals surface area (Å²) >= 11 is 0. The first-order chi connectivity index (χ1) is 3.84. The van der Waals surface area contributed by atoms with Gasteiger partial charge in [0, 0.05) is 13.2 Å². The van der Waals surface area contributed by atoms with Gasteiger partial charge in [0.2, 0.25) is 5.91 Å². The highest BCUT2D eigenvalue weighted by Crippen LogP contribution is 2.08. The maximum Gasteiger partial charge on any atom is 0.225 e. The highest BCUT2D eigenvalue weighted by Gasteiger charge is 2.25. The first-order valence-electron chi connectivity index (χ1n) is 2.73. The third-order valence-corrected chi connectivity index (χ3v) is 1.37. The van der Waals surface area contributed by atoms with Gasteiger partial charge in [-0.1, -0.05) is 0 Å². The fourth-order valence-corrected chi connectivity index (χ4v) is 0.719. The predicted octanol–water partition coefficient (Wildman–Crippen LogP) is -0.885. The summed E-state index contributed by atoms with van der Waals surface area (Å²) in [7, 11) is 0. The van der Waals surface area contributed by atoms with E-state index >= 15 is 0 Å². The van der Waals surface area contributed by atoms with Crippen LogP contribution in [0.25, 0.3) is 0 Å². The van der Waals surface area contributed by atoms with Crippen LogP contribution in [0.4, 0.5) is 0 Å². The van der Waals surface area contributed by atoms with Crippen LogP contribution >= 0.6 is 0 Å². The van der Waals surface area contributed by atoms with Crippen molar-refractivity contribution in [2.75, 3.05) is 13.2 Å². The van der Waals surface area contributed by atoms with Crippen molar-refractivity contribution in [3.05, 3.63) is 0 Å². The number of hydrogen-bond donors (Lipinski definition) is 2. The quantitative estimate of drug-likeness (QED) is 0.459. The Morgan fingerprint density at radius 1 is 1.88 bits per heavy atom. The minimum Gasteiger partial charge on any atom is -0.396 e. The summed E-state index contributed by atoms with van der Waals surface area (Å²) in [6, 6.07) is 0. The van der Waals surface area contributed by atoms with Gasteiger partial charge in [-0.25, -0.2) is 0 Å². The van der Waals surface area contributed by atoms with Crippen molar-refractivity contribution in [3.8, 4) is 0 Å². The van der Waals surface area contributed by atoms with Crippen LogP contribution < -0.4 is 5.32 Å². The third kappa shape index (κ3) is 0.816. The predicted molar refractivity (Wildman–Crippen MR) is 28.2 cm³/mol. The van der Waals surface area contributed by atoms with Gasteiger partial charge in [0.1, 0.15) is 0 Å². The van der Waals surface area contributed by atoms with Gasteiger partial charge in [0.05, 0.1) is 5.92 Å². The van der Waals surface area contributed by atoms with Crippen LogP contribution in [0.3, 0.4) is 0 Å². The Labute approximate surface area is 47.7 Å². The molecule has 0 aromatic heterocycles. The number of aliphatic hydroxyl groups is 1. The molecule has 0 aromatic carbocycles. The van der Waals surface area contributed by atoms with Crippen molar-refractivity contribution in [1.29, 1.82) is 0 Å². The molecule has 1 atom stereocenters. The van der Waals surface area contributed by atoms with Gasteiger partial charge in [-0.05, 0) is 6.42 Å². The smallest absolute Gasteiger partial charge is 0.225 e. The fraction of sp³-hybridized carbons (Fsp3) is 0.800. The van der Waals surface area contributed by atoms with Crippen molar-refractivity contribution in [2.45, 2.75) is 6.42 Å². The van der Waals surface area contributed by atoms with Gasteiger partial charge in [0.25, 0.3) is 0 Å². The monoisotopic (exact) mass is 115 g/mol. The number of nitrogens with one attached hydrogen (secondary N) is 1. The van der Waals surface area contributed by atoms with E-state index in [0.29, 0.717) is 6.42 Å². The summed E-state index contributed by atoms with van der Waals surface area (Å²) in [6.07, 6.45) is 0.617. The molecule has 1 aliphatic rings. The summed E-state index contributed by atoms with van der Waals surface area (Å²) in [6.45, 7) is 0.872. The van der Waals surface area contributed by atoms with E-state index in [1.54, 1.807) is 0 Å². The lowest BCUT2D eigenvalue weighted by Gasteiger charge is -2.24. The number of rotatable bonds is 2. The number of carbonyl (C=O) groups is 1. The van der Waals surface area contributed by atoms with Crippen molar-refractivity contribution in [2.24, 2.45) is 5.92 Å². The van der Waals surface area contributed by atoms with Crippen LogP contribution in [0.2, 0.25) is 0 Å². The van der Waals surface area contributed by atoms with Crippen molar-refractivity contribution in [1.82, 2.24) is 5.32 Å². The number of amides is 1. The lowest BCUT2D eigenvalue weighted by molar-refractivity contribution is -0.131. The molecule has 46 valence electrons. The molecule has 0 spiro atoms. The molecule has 0 radical (unpaired) electrons. The highest BCUT2D eigenvalue weighted by atomic mass is 16.3. The molecule has 1 amide bonds. The zero-order valence-electron chi connectivity index (χ0n) is 4.55. The normalized spacial score (nSPS) is 26.6. The molecule has 0 unspecified atom stereocenters. The van der Waals surface area contributed by atoms with Crippen LogP contribution in [0, 0.1) is 5.92 Å². The molecule has 3 heteroatoms. The molecule has 1 aliphatic heterocycles. The van der Waals surface area contributed by atoms with E-state index in [1.807, 2.05) is 0 Å². The minimum absolute atomic E-state index is 0.0825. The SMILES string of the molecule is O=C1NC[C@@H]1CCO. The lowest BCUT2D eigenvalue weighted by atomic mass is 9.99. The van der Waals surface area contributed by atoms with E-state index in [0.717, 1.165) is 6.54 Å². The first kappa shape index (κ1) is 5.56. The number of hydrogen-bond acceptors (Lipinski definition) is 2. The zero-order valence-corrected chi connectivity index (χ0v) is 4.55. The molecule has 1 rings (SSSR count). The molecule has 0 bridgehead atoms. The third-order valence-electron chi connectivity index (χ3n) is 1.37. The summed E-state index contributed by atoms with van der Waals surface area (Å²) in [4.78, 5) is 10.4. The molecule has 3 nitrogen and oxygen atoms in total. The van der Waals surface area contributed by atoms with E-state index in [1.165, 1.54) is 0 Å². The van der Waals surface area contributed by atoms with Gasteiger partial charge in [-0.15, -0.1) is 0 Å². The van der Waals surface area contributed by atoms with Crippen molar-refractivity contribution in [3.63, 3.8) is 0 Å². The largest absolute Gasteiger partial charge is 0.396 e. The molecule has 1 heterocycles. The van der Waals surface area contributed by atoms with Crippen LogP contribution in [0.5, 0.6) is 0 Å². The topological polar surface area (TPSA) is 49.3 Å². The second-order valence-electron chi connectivity index (χ2n) is 1.95. The van der Waals surface area contributed by atoms with E-state index in [-0.39, 0.29) is 18.4 Å². The van der Waals surface area contributed by atoms with Gasteiger partial charge in [-0.2, -0.15) is 0 Å². The van der Waals surface area contributed by atoms with Gasteiger partial charge < -0.3 is 10.4 Å². The molecule has 1 fully saturated rings. The molecule has 8 heavy (non-hydrogen) atoms. The van der Waals surface area contributed by atoms with Crippen molar-refractivity contribution >= 4 is 5.91 Å². The lowest BCUT2D eigenvalue weighted by Crippen LogP contribution is -2.48. The van der Waals surface area contributed by atoms with Crippen LogP contribution in [-0.2, 0) is 4.79 Å². The number of β-lactam (4-membered cyclic amide) rings is 1. The van der Waals surface area contributed by atoms with Gasteiger partial charge >= 0.3 is 0 Å². The Morgan fingerprint density at radius 3 is 2.75 bits per heavy atom.